The zero-order valence-corrected chi connectivity index (χ0v) is 10.7. The van der Waals surface area contributed by atoms with Crippen molar-refractivity contribution in [1.82, 2.24) is 9.55 Å². The van der Waals surface area contributed by atoms with Gasteiger partial charge >= 0.3 is 5.69 Å². The molecule has 112 valence electrons. The number of halogens is 3. The van der Waals surface area contributed by atoms with Crippen LogP contribution in [0.2, 0.25) is 0 Å². The predicted octanol–water partition coefficient (Wildman–Crippen LogP) is -1.13. The van der Waals surface area contributed by atoms with Crippen molar-refractivity contribution in [1.29, 1.82) is 0 Å². The molecule has 1 aromatic heterocycles. The quantitative estimate of drug-likeness (QED) is 0.613. The number of aliphatic hydroxyl groups excluding tert-OH is 2. The molecule has 0 amide bonds. The average molecular weight is 313 g/mol. The van der Waals surface area contributed by atoms with Gasteiger partial charge in [-0.15, -0.1) is 11.6 Å². The van der Waals surface area contributed by atoms with Crippen LogP contribution in [0.3, 0.4) is 0 Å². The number of aromatic nitrogens is 2. The van der Waals surface area contributed by atoms with E-state index in [1.807, 2.05) is 0 Å². The van der Waals surface area contributed by atoms with Gasteiger partial charge in [0, 0.05) is 0 Å². The molecule has 1 aliphatic rings. The van der Waals surface area contributed by atoms with Crippen molar-refractivity contribution in [3.8, 4) is 0 Å². The van der Waals surface area contributed by atoms with Crippen LogP contribution in [0.5, 0.6) is 0 Å². The van der Waals surface area contributed by atoms with Crippen LogP contribution < -0.4 is 11.2 Å². The number of H-pyrrole nitrogens is 1. The monoisotopic (exact) mass is 312 g/mol. The Balaban J connectivity index is 2.47. The van der Waals surface area contributed by atoms with E-state index >= 15 is 0 Å². The third-order valence-corrected chi connectivity index (χ3v) is 3.61. The highest BCUT2D eigenvalue weighted by Crippen LogP contribution is 2.38. The molecule has 0 spiro atoms. The van der Waals surface area contributed by atoms with Crippen molar-refractivity contribution in [2.24, 2.45) is 0 Å². The van der Waals surface area contributed by atoms with Crippen molar-refractivity contribution in [2.75, 3.05) is 12.5 Å². The van der Waals surface area contributed by atoms with Crippen LogP contribution in [-0.4, -0.2) is 50.1 Å². The highest BCUT2D eigenvalue weighted by atomic mass is 35.5. The first kappa shape index (κ1) is 15.1. The molecule has 0 unspecified atom stereocenters. The molecule has 1 saturated heterocycles. The van der Waals surface area contributed by atoms with Crippen molar-refractivity contribution >= 4 is 11.6 Å². The van der Waals surface area contributed by atoms with Gasteiger partial charge in [0.05, 0.1) is 18.7 Å². The molecular weight excluding hydrogens is 302 g/mol. The lowest BCUT2D eigenvalue weighted by atomic mass is 9.99. The summed E-state index contributed by atoms with van der Waals surface area (Å²) in [5.41, 5.74) is -4.18. The van der Waals surface area contributed by atoms with Gasteiger partial charge < -0.3 is 14.9 Å². The Morgan fingerprint density at radius 1 is 1.55 bits per heavy atom. The molecule has 1 fully saturated rings. The second-order valence-electron chi connectivity index (χ2n) is 4.40. The van der Waals surface area contributed by atoms with Gasteiger partial charge in [0.25, 0.3) is 5.56 Å². The maximum atomic E-state index is 14.0. The Morgan fingerprint density at radius 2 is 2.20 bits per heavy atom. The van der Waals surface area contributed by atoms with Gasteiger partial charge in [-0.1, -0.05) is 0 Å². The summed E-state index contributed by atoms with van der Waals surface area (Å²) in [5.74, 6) is -1.76. The Labute approximate surface area is 115 Å². The number of aromatic amines is 1. The number of alkyl halides is 2. The lowest BCUT2D eigenvalue weighted by Crippen LogP contribution is -2.47. The maximum absolute atomic E-state index is 14.0. The summed E-state index contributed by atoms with van der Waals surface area (Å²) in [7, 11) is 0. The van der Waals surface area contributed by atoms with E-state index in [2.05, 4.69) is 0 Å². The van der Waals surface area contributed by atoms with Gasteiger partial charge in [0.1, 0.15) is 11.7 Å². The minimum absolute atomic E-state index is 0.442. The molecule has 0 aliphatic carbocycles. The van der Waals surface area contributed by atoms with Gasteiger partial charge in [0.2, 0.25) is 5.82 Å². The minimum atomic E-state index is -2.14. The summed E-state index contributed by atoms with van der Waals surface area (Å²) in [6.07, 6.45) is -5.19. The standard InChI is InChI=1S/C10H11ClF2N2O5/c11-2-10(3-16)6(17)5(13)8(20-10)15-1-4(12)7(18)14-9(15)19/h1,5-6,8,16-17H,2-3H2,(H,14,18,19)/t5-,6+,8-,10-/m1/s1. The van der Waals surface area contributed by atoms with Crippen LogP contribution in [0.15, 0.2) is 15.8 Å². The van der Waals surface area contributed by atoms with Crippen LogP contribution in [-0.2, 0) is 4.74 Å². The molecule has 1 aliphatic heterocycles. The third kappa shape index (κ3) is 2.16. The number of hydrogen-bond donors (Lipinski definition) is 3. The molecule has 3 N–H and O–H groups in total. The van der Waals surface area contributed by atoms with Gasteiger partial charge in [-0.3, -0.25) is 14.3 Å². The predicted molar refractivity (Wildman–Crippen MR) is 62.8 cm³/mol. The van der Waals surface area contributed by atoms with Crippen LogP contribution in [0.1, 0.15) is 6.23 Å². The summed E-state index contributed by atoms with van der Waals surface area (Å²) in [6.45, 7) is -0.796. The smallest absolute Gasteiger partial charge is 0.330 e. The van der Waals surface area contributed by atoms with E-state index in [0.717, 1.165) is 0 Å². The average Bonchev–Trinajstić information content (AvgIpc) is 2.68. The van der Waals surface area contributed by atoms with E-state index in [9.17, 15) is 28.6 Å². The highest BCUT2D eigenvalue weighted by Gasteiger charge is 2.55. The van der Waals surface area contributed by atoms with E-state index in [4.69, 9.17) is 16.3 Å². The fourth-order valence-corrected chi connectivity index (χ4v) is 2.27. The topological polar surface area (TPSA) is 105 Å². The molecule has 0 radical (unpaired) electrons. The molecule has 0 saturated carbocycles. The van der Waals surface area contributed by atoms with Crippen LogP contribution in [0.25, 0.3) is 0 Å². The largest absolute Gasteiger partial charge is 0.393 e. The lowest BCUT2D eigenvalue weighted by Gasteiger charge is -2.26. The SMILES string of the molecule is O=c1[nH]c(=O)n([C@@H]2O[C@@](CO)(CCl)[C@@H](O)[C@H]2F)cc1F. The number of rotatable bonds is 3. The van der Waals surface area contributed by atoms with Crippen LogP contribution in [0.4, 0.5) is 8.78 Å². The first-order chi connectivity index (χ1) is 9.36. The third-order valence-electron chi connectivity index (χ3n) is 3.16. The Hall–Kier alpha value is -1.29. The number of nitrogens with zero attached hydrogens (tertiary/aromatic N) is 1. The summed E-state index contributed by atoms with van der Waals surface area (Å²) < 4.78 is 32.8. The van der Waals surface area contributed by atoms with Crippen molar-refractivity contribution < 1.29 is 23.7 Å². The number of hydrogen-bond acceptors (Lipinski definition) is 5. The highest BCUT2D eigenvalue weighted by molar-refractivity contribution is 6.18. The van der Waals surface area contributed by atoms with E-state index in [-0.39, 0.29) is 0 Å². The van der Waals surface area contributed by atoms with Gasteiger partial charge in [-0.25, -0.2) is 9.18 Å². The Morgan fingerprint density at radius 3 is 2.70 bits per heavy atom. The molecule has 0 bridgehead atoms. The molecule has 20 heavy (non-hydrogen) atoms. The van der Waals surface area contributed by atoms with Crippen molar-refractivity contribution in [3.05, 3.63) is 32.9 Å². The fourth-order valence-electron chi connectivity index (χ4n) is 1.96. The molecule has 4 atom stereocenters. The molecule has 10 heteroatoms. The summed E-state index contributed by atoms with van der Waals surface area (Å²) in [5, 5.41) is 18.9. The Kier molecular flexibility index (Phi) is 3.96. The lowest BCUT2D eigenvalue weighted by molar-refractivity contribution is -0.115. The summed E-state index contributed by atoms with van der Waals surface area (Å²) in [6, 6.07) is 0. The number of ether oxygens (including phenoxy) is 1. The molecule has 2 heterocycles. The van der Waals surface area contributed by atoms with Crippen molar-refractivity contribution in [3.63, 3.8) is 0 Å². The molecular formula is C10H11ClF2N2O5. The van der Waals surface area contributed by atoms with E-state index in [1.54, 1.807) is 4.98 Å². The minimum Gasteiger partial charge on any atom is -0.393 e. The normalized spacial score (nSPS) is 33.5. The first-order valence-corrected chi connectivity index (χ1v) is 6.07. The molecule has 0 aromatic carbocycles. The van der Waals surface area contributed by atoms with Crippen LogP contribution >= 0.6 is 11.6 Å². The van der Waals surface area contributed by atoms with Gasteiger partial charge in [-0.2, -0.15) is 4.39 Å². The summed E-state index contributed by atoms with van der Waals surface area (Å²) >= 11 is 5.54. The maximum Gasteiger partial charge on any atom is 0.330 e. The van der Waals surface area contributed by atoms with E-state index in [0.29, 0.717) is 10.8 Å². The molecule has 2 rings (SSSR count). The van der Waals surface area contributed by atoms with E-state index < -0.39 is 53.7 Å². The number of nitrogens with one attached hydrogen (secondary N) is 1. The second kappa shape index (κ2) is 5.24. The van der Waals surface area contributed by atoms with E-state index in [1.165, 1.54) is 0 Å². The van der Waals surface area contributed by atoms with Gasteiger partial charge in [-0.05, 0) is 0 Å². The molecule has 7 nitrogen and oxygen atoms in total. The number of aliphatic hydroxyl groups is 2. The van der Waals surface area contributed by atoms with Crippen LogP contribution in [0, 0.1) is 5.82 Å². The molecule has 1 aromatic rings. The Bertz CT molecular complexity index is 614. The summed E-state index contributed by atoms with van der Waals surface area (Å²) in [4.78, 5) is 24.1. The second-order valence-corrected chi connectivity index (χ2v) is 4.67. The zero-order valence-electron chi connectivity index (χ0n) is 9.92. The van der Waals surface area contributed by atoms with Gasteiger partial charge in [0.15, 0.2) is 12.4 Å². The fraction of sp³-hybridized carbons (Fsp3) is 0.600. The van der Waals surface area contributed by atoms with Crippen molar-refractivity contribution in [2.45, 2.75) is 24.1 Å². The zero-order chi connectivity index (χ0) is 15.1. The first-order valence-electron chi connectivity index (χ1n) is 5.54.